The highest BCUT2D eigenvalue weighted by Gasteiger charge is 2.31. The number of carbonyl (C=O) groups excluding carboxylic acids is 1. The Bertz CT molecular complexity index is 1370. The van der Waals surface area contributed by atoms with Gasteiger partial charge in [0.15, 0.2) is 5.43 Å². The molecule has 174 valence electrons. The van der Waals surface area contributed by atoms with Gasteiger partial charge in [0.05, 0.1) is 25.4 Å². The molecule has 1 aliphatic rings. The van der Waals surface area contributed by atoms with Crippen LogP contribution < -0.4 is 5.43 Å². The molecule has 2 aromatic carbocycles. The van der Waals surface area contributed by atoms with E-state index in [0.29, 0.717) is 37.6 Å². The second kappa shape index (κ2) is 9.07. The molecule has 1 aliphatic heterocycles. The van der Waals surface area contributed by atoms with Crippen LogP contribution in [0.3, 0.4) is 0 Å². The Labute approximate surface area is 194 Å². The van der Waals surface area contributed by atoms with Gasteiger partial charge in [0.1, 0.15) is 34.0 Å². The molecule has 2 aromatic heterocycles. The van der Waals surface area contributed by atoms with Gasteiger partial charge >= 0.3 is 0 Å². The molecule has 0 aliphatic carbocycles. The fourth-order valence-corrected chi connectivity index (χ4v) is 4.35. The average molecular weight is 461 g/mol. The van der Waals surface area contributed by atoms with E-state index >= 15 is 0 Å². The Morgan fingerprint density at radius 2 is 1.76 bits per heavy atom. The predicted molar refractivity (Wildman–Crippen MR) is 124 cm³/mol. The third kappa shape index (κ3) is 4.04. The molecule has 34 heavy (non-hydrogen) atoms. The van der Waals surface area contributed by atoms with Gasteiger partial charge in [-0.1, -0.05) is 30.3 Å². The number of rotatable bonds is 5. The van der Waals surface area contributed by atoms with E-state index in [0.717, 1.165) is 6.07 Å². The van der Waals surface area contributed by atoms with Crippen LogP contribution in [0.25, 0.3) is 22.3 Å². The van der Waals surface area contributed by atoms with Gasteiger partial charge in [-0.05, 0) is 12.1 Å². The van der Waals surface area contributed by atoms with Crippen LogP contribution >= 0.6 is 0 Å². The number of aromatic hydroxyl groups is 2. The van der Waals surface area contributed by atoms with Crippen LogP contribution in [-0.2, 0) is 9.53 Å². The van der Waals surface area contributed by atoms with Crippen molar-refractivity contribution in [3.8, 4) is 22.8 Å². The lowest BCUT2D eigenvalue weighted by Gasteiger charge is -2.28. The first-order chi connectivity index (χ1) is 16.5. The number of fused-ring (bicyclic) bond motifs is 1. The van der Waals surface area contributed by atoms with Crippen LogP contribution in [0.1, 0.15) is 23.7 Å². The summed E-state index contributed by atoms with van der Waals surface area (Å²) in [5.41, 5.74) is 0.421. The van der Waals surface area contributed by atoms with E-state index in [1.54, 1.807) is 29.2 Å². The smallest absolute Gasteiger partial charge is 0.223 e. The molecular formula is C26H23NO7. The van der Waals surface area contributed by atoms with Crippen LogP contribution in [0.4, 0.5) is 0 Å². The van der Waals surface area contributed by atoms with Crippen LogP contribution in [0.15, 0.2) is 74.5 Å². The normalized spacial score (nSPS) is 14.9. The van der Waals surface area contributed by atoms with E-state index in [1.165, 1.54) is 12.3 Å². The van der Waals surface area contributed by atoms with Crippen molar-refractivity contribution in [1.82, 2.24) is 4.90 Å². The zero-order valence-electron chi connectivity index (χ0n) is 18.3. The minimum Gasteiger partial charge on any atom is -0.507 e. The number of ether oxygens (including phenoxy) is 1. The summed E-state index contributed by atoms with van der Waals surface area (Å²) in [5, 5.41) is 21.3. The molecule has 3 heterocycles. The van der Waals surface area contributed by atoms with Crippen molar-refractivity contribution < 1.29 is 28.6 Å². The number of hydrogen-bond acceptors (Lipinski definition) is 7. The van der Waals surface area contributed by atoms with Crippen LogP contribution in [0, 0.1) is 0 Å². The summed E-state index contributed by atoms with van der Waals surface area (Å²) in [5.74, 6) is -0.884. The zero-order chi connectivity index (χ0) is 23.7. The zero-order valence-corrected chi connectivity index (χ0v) is 18.3. The second-order valence-corrected chi connectivity index (χ2v) is 8.14. The fraction of sp³-hybridized carbons (Fsp3) is 0.231. The van der Waals surface area contributed by atoms with Crippen molar-refractivity contribution in [2.24, 2.45) is 0 Å². The van der Waals surface area contributed by atoms with E-state index in [9.17, 15) is 19.8 Å². The van der Waals surface area contributed by atoms with E-state index < -0.39 is 17.1 Å². The lowest BCUT2D eigenvalue weighted by molar-refractivity contribution is -0.135. The minimum absolute atomic E-state index is 0.0139. The highest BCUT2D eigenvalue weighted by Crippen LogP contribution is 2.43. The molecule has 1 fully saturated rings. The van der Waals surface area contributed by atoms with Gasteiger partial charge in [-0.3, -0.25) is 9.59 Å². The molecule has 1 saturated heterocycles. The first kappa shape index (κ1) is 21.8. The first-order valence-corrected chi connectivity index (χ1v) is 11.0. The van der Waals surface area contributed by atoms with E-state index in [4.69, 9.17) is 13.6 Å². The SMILES string of the molecule is O=C(C[C@H](c1ccco1)c1c(O)cc(O)c2c(=O)cc(-c3ccccc3)oc12)N1CCOCC1. The minimum atomic E-state index is -0.748. The van der Waals surface area contributed by atoms with Crippen molar-refractivity contribution in [3.63, 3.8) is 0 Å². The summed E-state index contributed by atoms with van der Waals surface area (Å²) >= 11 is 0. The summed E-state index contributed by atoms with van der Waals surface area (Å²) in [6.45, 7) is 1.86. The molecule has 1 atom stereocenters. The molecule has 0 bridgehead atoms. The fourth-order valence-electron chi connectivity index (χ4n) is 4.35. The topological polar surface area (TPSA) is 113 Å². The van der Waals surface area contributed by atoms with Gasteiger partial charge in [0.2, 0.25) is 5.91 Å². The third-order valence-corrected chi connectivity index (χ3v) is 6.03. The quantitative estimate of drug-likeness (QED) is 0.464. The summed E-state index contributed by atoms with van der Waals surface area (Å²) in [6, 6.07) is 14.8. The van der Waals surface area contributed by atoms with Crippen LogP contribution in [-0.4, -0.2) is 47.3 Å². The number of hydrogen-bond donors (Lipinski definition) is 2. The molecule has 0 spiro atoms. The molecule has 8 nitrogen and oxygen atoms in total. The lowest BCUT2D eigenvalue weighted by atomic mass is 9.89. The van der Waals surface area contributed by atoms with Gasteiger partial charge in [0.25, 0.3) is 0 Å². The molecule has 4 aromatic rings. The van der Waals surface area contributed by atoms with Crippen molar-refractivity contribution in [3.05, 3.63) is 82.4 Å². The van der Waals surface area contributed by atoms with Gasteiger partial charge in [0, 0.05) is 42.8 Å². The van der Waals surface area contributed by atoms with Crippen molar-refractivity contribution in [2.75, 3.05) is 26.3 Å². The Morgan fingerprint density at radius 3 is 2.47 bits per heavy atom. The number of nitrogens with zero attached hydrogens (tertiary/aromatic N) is 1. The van der Waals surface area contributed by atoms with Crippen molar-refractivity contribution >= 4 is 16.9 Å². The number of phenols is 2. The maximum Gasteiger partial charge on any atom is 0.223 e. The number of morpholine rings is 1. The van der Waals surface area contributed by atoms with Gasteiger partial charge < -0.3 is 28.7 Å². The van der Waals surface area contributed by atoms with Gasteiger partial charge in [-0.25, -0.2) is 0 Å². The van der Waals surface area contributed by atoms with Crippen LogP contribution in [0.2, 0.25) is 0 Å². The van der Waals surface area contributed by atoms with E-state index in [1.807, 2.05) is 18.2 Å². The number of carbonyl (C=O) groups is 1. The maximum atomic E-state index is 13.2. The Morgan fingerprint density at radius 1 is 1.00 bits per heavy atom. The molecule has 2 N–H and O–H groups in total. The molecule has 5 rings (SSSR count). The number of furan rings is 1. The summed E-state index contributed by atoms with van der Waals surface area (Å²) in [7, 11) is 0. The number of phenolic OH excluding ortho intramolecular Hbond substituents is 2. The Hall–Kier alpha value is -4.04. The predicted octanol–water partition coefficient (Wildman–Crippen LogP) is 3.85. The standard InChI is InChI=1S/C26H23NO7/c28-18-14-19(29)25-20(30)15-22(16-5-2-1-3-6-16)34-26(25)24(18)17(21-7-4-10-33-21)13-23(31)27-8-11-32-12-9-27/h1-7,10,14-15,17,28-29H,8-9,11-13H2/t17-/m1/s1. The van der Waals surface area contributed by atoms with E-state index in [2.05, 4.69) is 0 Å². The number of benzene rings is 2. The van der Waals surface area contributed by atoms with Crippen molar-refractivity contribution in [2.45, 2.75) is 12.3 Å². The number of amides is 1. The molecule has 0 radical (unpaired) electrons. The van der Waals surface area contributed by atoms with E-state index in [-0.39, 0.29) is 40.4 Å². The molecular weight excluding hydrogens is 438 g/mol. The van der Waals surface area contributed by atoms with Gasteiger partial charge in [-0.2, -0.15) is 0 Å². The molecule has 0 saturated carbocycles. The highest BCUT2D eigenvalue weighted by atomic mass is 16.5. The summed E-state index contributed by atoms with van der Waals surface area (Å²) in [6.07, 6.45) is 1.45. The first-order valence-electron chi connectivity index (χ1n) is 11.0. The molecule has 8 heteroatoms. The van der Waals surface area contributed by atoms with Crippen LogP contribution in [0.5, 0.6) is 11.5 Å². The second-order valence-electron chi connectivity index (χ2n) is 8.14. The summed E-state index contributed by atoms with van der Waals surface area (Å²) < 4.78 is 17.1. The largest absolute Gasteiger partial charge is 0.507 e. The van der Waals surface area contributed by atoms with Crippen molar-refractivity contribution in [1.29, 1.82) is 0 Å². The Kier molecular flexibility index (Phi) is 5.81. The Balaban J connectivity index is 1.69. The molecule has 0 unspecified atom stereocenters. The lowest BCUT2D eigenvalue weighted by Crippen LogP contribution is -2.41. The highest BCUT2D eigenvalue weighted by molar-refractivity contribution is 5.91. The average Bonchev–Trinajstić information content (AvgIpc) is 3.38. The van der Waals surface area contributed by atoms with Gasteiger partial charge in [-0.15, -0.1) is 0 Å². The summed E-state index contributed by atoms with van der Waals surface area (Å²) in [4.78, 5) is 27.9. The third-order valence-electron chi connectivity index (χ3n) is 6.03. The monoisotopic (exact) mass is 461 g/mol. The molecule has 1 amide bonds. The maximum absolute atomic E-state index is 13.2.